The van der Waals surface area contributed by atoms with Gasteiger partial charge in [-0.25, -0.2) is 0 Å². The molecule has 0 fully saturated rings. The summed E-state index contributed by atoms with van der Waals surface area (Å²) < 4.78 is 11.5. The Balaban J connectivity index is 2.30. The quantitative estimate of drug-likeness (QED) is 0.571. The van der Waals surface area contributed by atoms with Gasteiger partial charge in [-0.3, -0.25) is 9.59 Å². The molecule has 1 aliphatic heterocycles. The minimum absolute atomic E-state index is 0.195. The molecule has 0 aromatic heterocycles. The molecule has 0 N–H and O–H groups in total. The molecule has 0 unspecified atom stereocenters. The summed E-state index contributed by atoms with van der Waals surface area (Å²) in [6.45, 7) is 4.51. The number of rotatable bonds is 2. The first-order valence-electron chi connectivity index (χ1n) is 6.53. The minimum Gasteiger partial charge on any atom is -0.478 e. The van der Waals surface area contributed by atoms with E-state index in [9.17, 15) is 9.59 Å². The van der Waals surface area contributed by atoms with Crippen LogP contribution >= 0.6 is 44.3 Å². The smallest absolute Gasteiger partial charge is 0.231 e. The van der Waals surface area contributed by atoms with E-state index in [2.05, 4.69) is 0 Å². The lowest BCUT2D eigenvalue weighted by atomic mass is 10.1. The molecule has 1 aromatic carbocycles. The molecule has 4 nitrogen and oxygen atoms in total. The SMILES string of the molecule is CCOC(=S)SSC(OCC)=S1C(=O)c2ccccc2C1=O. The molecule has 0 saturated heterocycles. The van der Waals surface area contributed by atoms with Crippen molar-refractivity contribution in [2.45, 2.75) is 13.8 Å². The number of benzene rings is 1. The van der Waals surface area contributed by atoms with Crippen LogP contribution in [0, 0.1) is 0 Å². The number of hydrogen-bond acceptors (Lipinski definition) is 7. The minimum atomic E-state index is -1.23. The van der Waals surface area contributed by atoms with Crippen molar-refractivity contribution in [3.8, 4) is 0 Å². The van der Waals surface area contributed by atoms with Gasteiger partial charge in [0.1, 0.15) is 0 Å². The van der Waals surface area contributed by atoms with E-state index < -0.39 is 10.5 Å². The van der Waals surface area contributed by atoms with Gasteiger partial charge < -0.3 is 9.47 Å². The monoisotopic (exact) mass is 374 g/mol. The normalized spacial score (nSPS) is 14.1. The van der Waals surface area contributed by atoms with Gasteiger partial charge in [-0.15, -0.1) is 0 Å². The van der Waals surface area contributed by atoms with E-state index in [0.717, 1.165) is 0 Å². The number of carbonyl (C=O) groups excluding carboxylic acids is 2. The molecule has 0 aliphatic carbocycles. The molecule has 0 saturated carbocycles. The third-order valence-corrected chi connectivity index (χ3v) is 7.74. The van der Waals surface area contributed by atoms with Gasteiger partial charge in [0.05, 0.1) is 13.2 Å². The van der Waals surface area contributed by atoms with Crippen LogP contribution in [0.5, 0.6) is 0 Å². The molecule has 8 heteroatoms. The van der Waals surface area contributed by atoms with Crippen LogP contribution in [0.4, 0.5) is 0 Å². The van der Waals surface area contributed by atoms with E-state index in [1.165, 1.54) is 21.6 Å². The molecule has 1 aromatic rings. The third kappa shape index (κ3) is 3.80. The molecule has 0 amide bonds. The summed E-state index contributed by atoms with van der Waals surface area (Å²) in [5, 5.41) is -0.390. The largest absolute Gasteiger partial charge is 0.478 e. The van der Waals surface area contributed by atoms with Crippen LogP contribution in [0.2, 0.25) is 0 Å². The molecule has 2 rings (SSSR count). The highest BCUT2D eigenvalue weighted by Crippen LogP contribution is 2.41. The molecule has 118 valence electrons. The van der Waals surface area contributed by atoms with E-state index >= 15 is 0 Å². The molecule has 0 atom stereocenters. The second kappa shape index (κ2) is 8.26. The molecular weight excluding hydrogens is 360 g/mol. The van der Waals surface area contributed by atoms with Crippen molar-refractivity contribution in [3.05, 3.63) is 35.4 Å². The average molecular weight is 375 g/mol. The first-order valence-corrected chi connectivity index (χ1v) is 10.3. The zero-order valence-corrected chi connectivity index (χ0v) is 15.3. The Morgan fingerprint density at radius 3 is 2.09 bits per heavy atom. The van der Waals surface area contributed by atoms with E-state index in [-0.39, 0.29) is 10.2 Å². The van der Waals surface area contributed by atoms with Crippen molar-refractivity contribution >= 4 is 63.3 Å². The summed E-state index contributed by atoms with van der Waals surface area (Å²) in [7, 11) is 1.14. The number of hydrogen-bond donors (Lipinski definition) is 0. The van der Waals surface area contributed by atoms with Crippen LogP contribution < -0.4 is 0 Å². The molecule has 22 heavy (non-hydrogen) atoms. The number of fused-ring (bicyclic) bond motifs is 1. The Hall–Kier alpha value is -0.670. The van der Waals surface area contributed by atoms with Crippen LogP contribution in [0.15, 0.2) is 24.3 Å². The first kappa shape index (κ1) is 17.7. The van der Waals surface area contributed by atoms with E-state index in [1.54, 1.807) is 24.3 Å². The zero-order chi connectivity index (χ0) is 16.1. The van der Waals surface area contributed by atoms with Gasteiger partial charge >= 0.3 is 0 Å². The predicted molar refractivity (Wildman–Crippen MR) is 98.7 cm³/mol. The first-order chi connectivity index (χ1) is 10.6. The predicted octanol–water partition coefficient (Wildman–Crippen LogP) is 4.08. The highest BCUT2D eigenvalue weighted by Gasteiger charge is 2.35. The van der Waals surface area contributed by atoms with Crippen molar-refractivity contribution in [2.24, 2.45) is 0 Å². The van der Waals surface area contributed by atoms with E-state index in [4.69, 9.17) is 21.7 Å². The Kier molecular flexibility index (Phi) is 6.64. The third-order valence-electron chi connectivity index (χ3n) is 2.61. The molecule has 0 radical (unpaired) electrons. The van der Waals surface area contributed by atoms with Gasteiger partial charge in [-0.05, 0) is 59.5 Å². The Labute approximate surface area is 144 Å². The van der Waals surface area contributed by atoms with Gasteiger partial charge in [0, 0.05) is 21.9 Å². The number of ether oxygens (including phenoxy) is 2. The van der Waals surface area contributed by atoms with Crippen LogP contribution in [0.1, 0.15) is 34.6 Å². The Morgan fingerprint density at radius 2 is 1.59 bits per heavy atom. The molecule has 0 bridgehead atoms. The maximum Gasteiger partial charge on any atom is 0.231 e. The molecule has 0 spiro atoms. The standard InChI is InChI=1S/C14H14O4S4/c1-3-17-13(19)20-21-14(18-4-2)22-11(15)9-7-5-6-8-10(9)12(22)16/h5-8H,3-4H2,1-2H3. The number of thiocarbonyl (C=S) groups is 1. The lowest BCUT2D eigenvalue weighted by Crippen LogP contribution is -2.06. The fraction of sp³-hybridized carbons (Fsp3) is 0.286. The van der Waals surface area contributed by atoms with Gasteiger partial charge in [-0.1, -0.05) is 12.1 Å². The summed E-state index contributed by atoms with van der Waals surface area (Å²) in [4.78, 5) is 25.0. The van der Waals surface area contributed by atoms with E-state index in [1.807, 2.05) is 13.8 Å². The fourth-order valence-electron chi connectivity index (χ4n) is 1.74. The summed E-state index contributed by atoms with van der Waals surface area (Å²) in [5.41, 5.74) is 0.928. The summed E-state index contributed by atoms with van der Waals surface area (Å²) in [5.74, 6) is 0. The lowest BCUT2D eigenvalue weighted by Gasteiger charge is -2.09. The topological polar surface area (TPSA) is 52.6 Å². The van der Waals surface area contributed by atoms with Crippen molar-refractivity contribution < 1.29 is 19.1 Å². The van der Waals surface area contributed by atoms with Crippen LogP contribution in [-0.4, -0.2) is 32.2 Å². The average Bonchev–Trinajstić information content (AvgIpc) is 2.76. The van der Waals surface area contributed by atoms with Crippen LogP contribution in [0.3, 0.4) is 0 Å². The molecular formula is C14H14O4S4. The Morgan fingerprint density at radius 1 is 1.05 bits per heavy atom. The summed E-state index contributed by atoms with van der Waals surface area (Å²) in [6, 6.07) is 6.86. The van der Waals surface area contributed by atoms with E-state index in [0.29, 0.717) is 33.1 Å². The Bertz CT molecular complexity index is 617. The second-order valence-corrected chi connectivity index (χ2v) is 8.65. The lowest BCUT2D eigenvalue weighted by molar-refractivity contribution is 0.108. The molecule has 1 aliphatic rings. The van der Waals surface area contributed by atoms with Gasteiger partial charge in [0.25, 0.3) is 0 Å². The highest BCUT2D eigenvalue weighted by molar-refractivity contribution is 8.90. The van der Waals surface area contributed by atoms with Crippen molar-refractivity contribution in [1.82, 2.24) is 0 Å². The second-order valence-electron chi connectivity index (χ2n) is 3.96. The van der Waals surface area contributed by atoms with Crippen LogP contribution in [0.25, 0.3) is 0 Å². The van der Waals surface area contributed by atoms with Crippen molar-refractivity contribution in [2.75, 3.05) is 13.2 Å². The van der Waals surface area contributed by atoms with Gasteiger partial charge in [0.2, 0.25) is 14.6 Å². The van der Waals surface area contributed by atoms with Crippen LogP contribution in [-0.2, 0) is 9.47 Å². The fourth-order valence-corrected chi connectivity index (χ4v) is 6.48. The maximum absolute atomic E-state index is 12.5. The van der Waals surface area contributed by atoms with Gasteiger partial charge in [-0.2, -0.15) is 0 Å². The maximum atomic E-state index is 12.5. The van der Waals surface area contributed by atoms with Crippen molar-refractivity contribution in [3.63, 3.8) is 0 Å². The van der Waals surface area contributed by atoms with Gasteiger partial charge in [0.15, 0.2) is 4.38 Å². The summed E-state index contributed by atoms with van der Waals surface area (Å²) >= 11 is 5.04. The molecule has 1 heterocycles. The number of carbonyl (C=O) groups is 2. The zero-order valence-electron chi connectivity index (χ0n) is 12.0. The van der Waals surface area contributed by atoms with Crippen molar-refractivity contribution in [1.29, 1.82) is 0 Å². The summed E-state index contributed by atoms with van der Waals surface area (Å²) in [6.07, 6.45) is 0. The highest BCUT2D eigenvalue weighted by atomic mass is 33.1.